The van der Waals surface area contributed by atoms with E-state index >= 15 is 0 Å². The van der Waals surface area contributed by atoms with Gasteiger partial charge in [0.15, 0.2) is 0 Å². The smallest absolute Gasteiger partial charge is 0.130 e. The van der Waals surface area contributed by atoms with Crippen molar-refractivity contribution >= 4 is 15.9 Å². The highest BCUT2D eigenvalue weighted by Gasteiger charge is 2.06. The molecule has 0 atom stereocenters. The molecule has 0 spiro atoms. The lowest BCUT2D eigenvalue weighted by molar-refractivity contribution is 0.647. The van der Waals surface area contributed by atoms with Gasteiger partial charge in [-0.25, -0.2) is 9.97 Å². The zero-order valence-electron chi connectivity index (χ0n) is 11.7. The third-order valence-electron chi connectivity index (χ3n) is 2.92. The second-order valence-corrected chi connectivity index (χ2v) is 5.96. The van der Waals surface area contributed by atoms with Gasteiger partial charge in [0.05, 0.1) is 5.69 Å². The van der Waals surface area contributed by atoms with E-state index in [-0.39, 0.29) is 0 Å². The molecule has 1 heterocycles. The van der Waals surface area contributed by atoms with Crippen molar-refractivity contribution in [2.24, 2.45) is 5.92 Å². The zero-order chi connectivity index (χ0) is 13.8. The largest absolute Gasteiger partial charge is 0.233 e. The maximum Gasteiger partial charge on any atom is 0.130 e. The van der Waals surface area contributed by atoms with E-state index in [9.17, 15) is 0 Å². The Hall–Kier alpha value is -1.22. The maximum absolute atomic E-state index is 4.60. The SMILES string of the molecule is CCc1nc(Br)cc(-c2cccc(CC(C)C)c2)n1. The van der Waals surface area contributed by atoms with Crippen LogP contribution in [-0.2, 0) is 12.8 Å². The number of benzene rings is 1. The fourth-order valence-corrected chi connectivity index (χ4v) is 2.52. The molecule has 0 amide bonds. The van der Waals surface area contributed by atoms with Crippen molar-refractivity contribution in [3.05, 3.63) is 46.3 Å². The molecular weight excluding hydrogens is 300 g/mol. The van der Waals surface area contributed by atoms with Crippen LogP contribution in [-0.4, -0.2) is 9.97 Å². The molecule has 0 aliphatic heterocycles. The normalized spacial score (nSPS) is 11.0. The molecule has 0 aliphatic rings. The lowest BCUT2D eigenvalue weighted by Crippen LogP contribution is -1.97. The van der Waals surface area contributed by atoms with Crippen LogP contribution < -0.4 is 0 Å². The number of hydrogen-bond donors (Lipinski definition) is 0. The zero-order valence-corrected chi connectivity index (χ0v) is 13.2. The lowest BCUT2D eigenvalue weighted by Gasteiger charge is -2.08. The summed E-state index contributed by atoms with van der Waals surface area (Å²) in [6.07, 6.45) is 1.94. The van der Waals surface area contributed by atoms with E-state index in [1.165, 1.54) is 5.56 Å². The first-order valence-electron chi connectivity index (χ1n) is 6.71. The summed E-state index contributed by atoms with van der Waals surface area (Å²) in [5.41, 5.74) is 3.51. The van der Waals surface area contributed by atoms with Crippen molar-refractivity contribution in [3.8, 4) is 11.3 Å². The van der Waals surface area contributed by atoms with E-state index in [4.69, 9.17) is 0 Å². The molecule has 19 heavy (non-hydrogen) atoms. The van der Waals surface area contributed by atoms with Crippen LogP contribution in [0, 0.1) is 5.92 Å². The van der Waals surface area contributed by atoms with Gasteiger partial charge in [-0.05, 0) is 46.0 Å². The van der Waals surface area contributed by atoms with Crippen LogP contribution in [0.15, 0.2) is 34.9 Å². The Morgan fingerprint density at radius 1 is 1.16 bits per heavy atom. The average molecular weight is 319 g/mol. The summed E-state index contributed by atoms with van der Waals surface area (Å²) < 4.78 is 0.851. The van der Waals surface area contributed by atoms with Gasteiger partial charge in [-0.15, -0.1) is 0 Å². The van der Waals surface area contributed by atoms with Gasteiger partial charge in [0.2, 0.25) is 0 Å². The Balaban J connectivity index is 2.38. The molecule has 2 rings (SSSR count). The number of rotatable bonds is 4. The van der Waals surface area contributed by atoms with Crippen LogP contribution in [0.1, 0.15) is 32.2 Å². The molecule has 0 aliphatic carbocycles. The van der Waals surface area contributed by atoms with E-state index < -0.39 is 0 Å². The van der Waals surface area contributed by atoms with Crippen LogP contribution in [0.3, 0.4) is 0 Å². The van der Waals surface area contributed by atoms with Crippen molar-refractivity contribution < 1.29 is 0 Å². The first-order chi connectivity index (χ1) is 9.08. The van der Waals surface area contributed by atoms with E-state index in [2.05, 4.69) is 70.9 Å². The Labute approximate surface area is 123 Å². The highest BCUT2D eigenvalue weighted by atomic mass is 79.9. The predicted octanol–water partition coefficient (Wildman–Crippen LogP) is 4.67. The molecule has 0 saturated heterocycles. The van der Waals surface area contributed by atoms with Crippen LogP contribution in [0.4, 0.5) is 0 Å². The number of halogens is 1. The first kappa shape index (κ1) is 14.2. The second kappa shape index (κ2) is 6.29. The first-order valence-corrected chi connectivity index (χ1v) is 7.50. The number of aromatic nitrogens is 2. The Morgan fingerprint density at radius 3 is 2.63 bits per heavy atom. The molecule has 0 saturated carbocycles. The molecule has 100 valence electrons. The van der Waals surface area contributed by atoms with Gasteiger partial charge in [-0.1, -0.05) is 39.0 Å². The molecule has 0 radical (unpaired) electrons. The molecule has 2 nitrogen and oxygen atoms in total. The molecule has 3 heteroatoms. The van der Waals surface area contributed by atoms with Gasteiger partial charge in [0.1, 0.15) is 10.4 Å². The molecule has 0 fully saturated rings. The molecule has 0 unspecified atom stereocenters. The maximum atomic E-state index is 4.60. The quantitative estimate of drug-likeness (QED) is 0.766. The van der Waals surface area contributed by atoms with E-state index in [0.29, 0.717) is 5.92 Å². The average Bonchev–Trinajstić information content (AvgIpc) is 2.37. The number of hydrogen-bond acceptors (Lipinski definition) is 2. The minimum atomic E-state index is 0.665. The topological polar surface area (TPSA) is 25.8 Å². The van der Waals surface area contributed by atoms with E-state index in [1.54, 1.807) is 0 Å². The minimum absolute atomic E-state index is 0.665. The summed E-state index contributed by atoms with van der Waals surface area (Å²) in [4.78, 5) is 8.96. The van der Waals surface area contributed by atoms with Crippen LogP contribution >= 0.6 is 15.9 Å². The highest BCUT2D eigenvalue weighted by Crippen LogP contribution is 2.22. The summed E-state index contributed by atoms with van der Waals surface area (Å²) in [6.45, 7) is 6.55. The van der Waals surface area contributed by atoms with Crippen LogP contribution in [0.25, 0.3) is 11.3 Å². The summed E-state index contributed by atoms with van der Waals surface area (Å²) in [6, 6.07) is 10.6. The van der Waals surface area contributed by atoms with Gasteiger partial charge < -0.3 is 0 Å². The van der Waals surface area contributed by atoms with E-state index in [0.717, 1.165) is 34.5 Å². The monoisotopic (exact) mass is 318 g/mol. The van der Waals surface area contributed by atoms with Gasteiger partial charge >= 0.3 is 0 Å². The molecule has 1 aromatic carbocycles. The summed E-state index contributed by atoms with van der Waals surface area (Å²) in [5, 5.41) is 0. The summed E-state index contributed by atoms with van der Waals surface area (Å²) >= 11 is 3.46. The second-order valence-electron chi connectivity index (χ2n) is 5.14. The Morgan fingerprint density at radius 2 is 1.95 bits per heavy atom. The van der Waals surface area contributed by atoms with Crippen molar-refractivity contribution in [3.63, 3.8) is 0 Å². The number of aryl methyl sites for hydroxylation is 1. The number of nitrogens with zero attached hydrogens (tertiary/aromatic N) is 2. The molecule has 1 aromatic heterocycles. The van der Waals surface area contributed by atoms with Crippen molar-refractivity contribution in [2.75, 3.05) is 0 Å². The molecule has 0 N–H and O–H groups in total. The molecular formula is C16H19BrN2. The molecule has 0 bridgehead atoms. The lowest BCUT2D eigenvalue weighted by atomic mass is 10.00. The van der Waals surface area contributed by atoms with E-state index in [1.807, 2.05) is 6.07 Å². The van der Waals surface area contributed by atoms with Crippen molar-refractivity contribution in [1.29, 1.82) is 0 Å². The third kappa shape index (κ3) is 3.87. The van der Waals surface area contributed by atoms with Gasteiger partial charge in [-0.3, -0.25) is 0 Å². The third-order valence-corrected chi connectivity index (χ3v) is 3.33. The fourth-order valence-electron chi connectivity index (χ4n) is 2.10. The fraction of sp³-hybridized carbons (Fsp3) is 0.375. The van der Waals surface area contributed by atoms with Crippen molar-refractivity contribution in [2.45, 2.75) is 33.6 Å². The summed E-state index contributed by atoms with van der Waals surface area (Å²) in [7, 11) is 0. The minimum Gasteiger partial charge on any atom is -0.233 e. The predicted molar refractivity (Wildman–Crippen MR) is 83.1 cm³/mol. The standard InChI is InChI=1S/C16H19BrN2/c1-4-16-18-14(10-15(17)19-16)13-7-5-6-12(9-13)8-11(2)3/h5-7,9-11H,4,8H2,1-3H3. The van der Waals surface area contributed by atoms with Crippen molar-refractivity contribution in [1.82, 2.24) is 9.97 Å². The van der Waals surface area contributed by atoms with Gasteiger partial charge in [0.25, 0.3) is 0 Å². The highest BCUT2D eigenvalue weighted by molar-refractivity contribution is 9.10. The summed E-state index contributed by atoms with van der Waals surface area (Å²) in [5.74, 6) is 1.54. The van der Waals surface area contributed by atoms with Gasteiger partial charge in [-0.2, -0.15) is 0 Å². The van der Waals surface area contributed by atoms with Crippen LogP contribution in [0.2, 0.25) is 0 Å². The van der Waals surface area contributed by atoms with Crippen LogP contribution in [0.5, 0.6) is 0 Å². The Kier molecular flexibility index (Phi) is 4.70. The Bertz CT molecular complexity index is 564. The van der Waals surface area contributed by atoms with Gasteiger partial charge in [0, 0.05) is 12.0 Å². The molecule has 2 aromatic rings.